The molecule has 1 heterocycles. The van der Waals surface area contributed by atoms with Gasteiger partial charge in [-0.2, -0.15) is 0 Å². The van der Waals surface area contributed by atoms with Gasteiger partial charge in [0.15, 0.2) is 0 Å². The minimum atomic E-state index is -1.17. The quantitative estimate of drug-likeness (QED) is 0.639. The normalized spacial score (nSPS) is 13.6. The number of carboxylic acids is 1. The molecule has 1 aliphatic rings. The highest BCUT2D eigenvalue weighted by molar-refractivity contribution is 6.33. The number of carboxylic acid groups (broad SMARTS) is 1. The van der Waals surface area contributed by atoms with Crippen molar-refractivity contribution in [1.82, 2.24) is 4.98 Å². The smallest absolute Gasteiger partial charge is 0.339 e. The van der Waals surface area contributed by atoms with Gasteiger partial charge in [-0.1, -0.05) is 11.6 Å². The van der Waals surface area contributed by atoms with Crippen molar-refractivity contribution in [2.45, 2.75) is 39.2 Å². The zero-order valence-corrected chi connectivity index (χ0v) is 18.4. The maximum atomic E-state index is 15.1. The molecule has 0 fully saturated rings. The van der Waals surface area contributed by atoms with E-state index in [1.165, 1.54) is 0 Å². The fraction of sp³-hybridized carbons (Fsp3) is 0.304. The van der Waals surface area contributed by atoms with Crippen LogP contribution in [0.2, 0.25) is 5.02 Å². The first-order chi connectivity index (χ1) is 15.2. The SMILES string of the molecule is COC(=O)c1cc(N(Cc2cnccc2C)C(=O)C2=C(C(=O)O)CCCC2)c(F)cc1Cl. The number of benzene rings is 1. The van der Waals surface area contributed by atoms with Gasteiger partial charge < -0.3 is 14.7 Å². The average Bonchev–Trinajstić information content (AvgIpc) is 2.78. The molecule has 0 saturated heterocycles. The summed E-state index contributed by atoms with van der Waals surface area (Å²) in [5.74, 6) is -3.42. The second-order valence-corrected chi connectivity index (χ2v) is 7.85. The predicted octanol–water partition coefficient (Wildman–Crippen LogP) is 4.46. The summed E-state index contributed by atoms with van der Waals surface area (Å²) in [5, 5.41) is 9.43. The Morgan fingerprint density at radius 3 is 2.53 bits per heavy atom. The van der Waals surface area contributed by atoms with Crippen LogP contribution in [-0.2, 0) is 20.9 Å². The number of halogens is 2. The lowest BCUT2D eigenvalue weighted by Crippen LogP contribution is -2.35. The minimum Gasteiger partial charge on any atom is -0.478 e. The monoisotopic (exact) mass is 460 g/mol. The molecule has 1 aliphatic carbocycles. The van der Waals surface area contributed by atoms with Gasteiger partial charge >= 0.3 is 11.9 Å². The van der Waals surface area contributed by atoms with Gasteiger partial charge in [0.05, 0.1) is 29.9 Å². The first-order valence-corrected chi connectivity index (χ1v) is 10.4. The Morgan fingerprint density at radius 1 is 1.22 bits per heavy atom. The zero-order valence-electron chi connectivity index (χ0n) is 17.7. The van der Waals surface area contributed by atoms with Crippen LogP contribution in [0.25, 0.3) is 0 Å². The van der Waals surface area contributed by atoms with Gasteiger partial charge in [0.25, 0.3) is 5.91 Å². The molecular formula is C23H22ClFN2O5. The highest BCUT2D eigenvalue weighted by Gasteiger charge is 2.30. The maximum absolute atomic E-state index is 15.1. The summed E-state index contributed by atoms with van der Waals surface area (Å²) in [6.45, 7) is 1.74. The van der Waals surface area contributed by atoms with E-state index in [9.17, 15) is 19.5 Å². The standard InChI is InChI=1S/C23H22ClFN2O5/c1-13-7-8-26-11-14(13)12-27(21(28)15-5-3-4-6-16(15)22(29)30)20-9-17(23(31)32-2)18(24)10-19(20)25/h7-11H,3-6,12H2,1-2H3,(H,29,30). The number of hydrogen-bond acceptors (Lipinski definition) is 5. The van der Waals surface area contributed by atoms with Crippen LogP contribution in [-0.4, -0.2) is 35.0 Å². The van der Waals surface area contributed by atoms with E-state index in [1.807, 2.05) is 6.92 Å². The minimum absolute atomic E-state index is 0.0247. The Kier molecular flexibility index (Phi) is 7.25. The largest absolute Gasteiger partial charge is 0.478 e. The van der Waals surface area contributed by atoms with Gasteiger partial charge in [0.2, 0.25) is 0 Å². The van der Waals surface area contributed by atoms with Gasteiger partial charge in [0, 0.05) is 23.5 Å². The van der Waals surface area contributed by atoms with Crippen LogP contribution in [0.4, 0.5) is 10.1 Å². The number of amides is 1. The fourth-order valence-corrected chi connectivity index (χ4v) is 3.88. The molecule has 2 aromatic rings. The lowest BCUT2D eigenvalue weighted by Gasteiger charge is -2.28. The van der Waals surface area contributed by atoms with Crippen LogP contribution < -0.4 is 4.90 Å². The molecule has 0 bridgehead atoms. The average molecular weight is 461 g/mol. The third-order valence-corrected chi connectivity index (χ3v) is 5.75. The number of esters is 1. The van der Waals surface area contributed by atoms with Crippen LogP contribution in [0, 0.1) is 12.7 Å². The molecule has 0 spiro atoms. The van der Waals surface area contributed by atoms with E-state index < -0.39 is 23.7 Å². The van der Waals surface area contributed by atoms with Crippen molar-refractivity contribution in [3.63, 3.8) is 0 Å². The maximum Gasteiger partial charge on any atom is 0.339 e. The van der Waals surface area contributed by atoms with E-state index in [0.29, 0.717) is 18.4 Å². The van der Waals surface area contributed by atoms with Crippen molar-refractivity contribution in [1.29, 1.82) is 0 Å². The third kappa shape index (κ3) is 4.80. The Balaban J connectivity index is 2.18. The molecule has 1 aromatic carbocycles. The molecule has 0 unspecified atom stereocenters. The van der Waals surface area contributed by atoms with Crippen molar-refractivity contribution in [2.24, 2.45) is 0 Å². The topological polar surface area (TPSA) is 96.8 Å². The van der Waals surface area contributed by atoms with E-state index in [4.69, 9.17) is 16.3 Å². The number of aromatic nitrogens is 1. The molecular weight excluding hydrogens is 439 g/mol. The molecule has 1 amide bonds. The molecule has 0 saturated carbocycles. The molecule has 0 atom stereocenters. The number of rotatable bonds is 6. The van der Waals surface area contributed by atoms with Gasteiger partial charge in [-0.25, -0.2) is 14.0 Å². The Bertz CT molecular complexity index is 1120. The first-order valence-electron chi connectivity index (χ1n) is 9.98. The second-order valence-electron chi connectivity index (χ2n) is 7.44. The predicted molar refractivity (Wildman–Crippen MR) is 116 cm³/mol. The van der Waals surface area contributed by atoms with Crippen molar-refractivity contribution < 1.29 is 28.6 Å². The van der Waals surface area contributed by atoms with E-state index in [2.05, 4.69) is 4.98 Å². The Hall–Kier alpha value is -3.26. The van der Waals surface area contributed by atoms with Crippen LogP contribution in [0.3, 0.4) is 0 Å². The number of nitrogens with zero attached hydrogens (tertiary/aromatic N) is 2. The summed E-state index contributed by atoms with van der Waals surface area (Å²) in [6, 6.07) is 3.84. The van der Waals surface area contributed by atoms with Gasteiger partial charge in [-0.05, 0) is 61.9 Å². The number of hydrogen-bond donors (Lipinski definition) is 1. The molecule has 168 valence electrons. The number of methoxy groups -OCH3 is 1. The van der Waals surface area contributed by atoms with Gasteiger partial charge in [-0.3, -0.25) is 9.78 Å². The van der Waals surface area contributed by atoms with Crippen molar-refractivity contribution in [2.75, 3.05) is 12.0 Å². The Labute approximate surface area is 189 Å². The summed E-state index contributed by atoms with van der Waals surface area (Å²) < 4.78 is 19.8. The van der Waals surface area contributed by atoms with E-state index in [1.54, 1.807) is 18.5 Å². The summed E-state index contributed by atoms with van der Waals surface area (Å²) in [4.78, 5) is 42.6. The number of aliphatic carboxylic acids is 1. The van der Waals surface area contributed by atoms with Gasteiger partial charge in [-0.15, -0.1) is 0 Å². The second kappa shape index (κ2) is 9.91. The van der Waals surface area contributed by atoms with Crippen molar-refractivity contribution in [3.8, 4) is 0 Å². The lowest BCUT2D eigenvalue weighted by molar-refractivity contribution is -0.133. The third-order valence-electron chi connectivity index (χ3n) is 5.44. The molecule has 7 nitrogen and oxygen atoms in total. The summed E-state index contributed by atoms with van der Waals surface area (Å²) in [7, 11) is 1.16. The molecule has 0 radical (unpaired) electrons. The molecule has 1 aromatic heterocycles. The first kappa shape index (κ1) is 23.4. The van der Waals surface area contributed by atoms with Crippen LogP contribution in [0.1, 0.15) is 47.2 Å². The summed E-state index contributed by atoms with van der Waals surface area (Å²) in [5.41, 5.74) is 1.30. The number of aryl methyl sites for hydroxylation is 1. The number of ether oxygens (including phenoxy) is 1. The molecule has 32 heavy (non-hydrogen) atoms. The molecule has 3 rings (SSSR count). The zero-order chi connectivity index (χ0) is 23.4. The fourth-order valence-electron chi connectivity index (χ4n) is 3.65. The summed E-state index contributed by atoms with van der Waals surface area (Å²) in [6.07, 6.45) is 4.97. The van der Waals surface area contributed by atoms with E-state index in [0.717, 1.165) is 29.7 Å². The van der Waals surface area contributed by atoms with E-state index in [-0.39, 0.29) is 46.8 Å². The van der Waals surface area contributed by atoms with Crippen molar-refractivity contribution in [3.05, 3.63) is 69.3 Å². The van der Waals surface area contributed by atoms with Gasteiger partial charge in [0.1, 0.15) is 5.82 Å². The van der Waals surface area contributed by atoms with Crippen LogP contribution in [0.5, 0.6) is 0 Å². The van der Waals surface area contributed by atoms with Crippen molar-refractivity contribution >= 4 is 35.1 Å². The van der Waals surface area contributed by atoms with Crippen LogP contribution in [0.15, 0.2) is 41.7 Å². The number of pyridine rings is 1. The summed E-state index contributed by atoms with van der Waals surface area (Å²) >= 11 is 6.02. The molecule has 9 heteroatoms. The molecule has 0 aliphatic heterocycles. The lowest BCUT2D eigenvalue weighted by atomic mass is 9.90. The number of carbonyl (C=O) groups excluding carboxylic acids is 2. The Morgan fingerprint density at radius 2 is 1.91 bits per heavy atom. The van der Waals surface area contributed by atoms with Crippen LogP contribution >= 0.6 is 11.6 Å². The number of carbonyl (C=O) groups is 3. The highest BCUT2D eigenvalue weighted by atomic mass is 35.5. The number of anilines is 1. The highest BCUT2D eigenvalue weighted by Crippen LogP contribution is 2.33. The molecule has 1 N–H and O–H groups in total. The van der Waals surface area contributed by atoms with E-state index >= 15 is 4.39 Å².